The fourth-order valence-corrected chi connectivity index (χ4v) is 4.54. The lowest BCUT2D eigenvalue weighted by molar-refractivity contribution is 0.0880. The number of rotatable bonds is 6. The van der Waals surface area contributed by atoms with Crippen LogP contribution in [0.2, 0.25) is 0 Å². The van der Waals surface area contributed by atoms with Gasteiger partial charge in [-0.3, -0.25) is 28.5 Å². The van der Waals surface area contributed by atoms with Gasteiger partial charge in [-0.1, -0.05) is 6.92 Å². The first kappa shape index (κ1) is 19.8. The average Bonchev–Trinajstić information content (AvgIpc) is 3.26. The van der Waals surface area contributed by atoms with E-state index in [2.05, 4.69) is 17.2 Å². The van der Waals surface area contributed by atoms with E-state index in [0.717, 1.165) is 29.3 Å². The molecule has 10 heteroatoms. The Labute approximate surface area is 174 Å². The van der Waals surface area contributed by atoms with Crippen LogP contribution in [0.1, 0.15) is 39.8 Å². The predicted molar refractivity (Wildman–Crippen MR) is 111 cm³/mol. The number of nitrogens with one attached hydrogen (secondary N) is 1. The lowest BCUT2D eigenvalue weighted by Gasteiger charge is -2.12. The van der Waals surface area contributed by atoms with Crippen molar-refractivity contribution in [2.45, 2.75) is 30.5 Å². The first-order valence-corrected chi connectivity index (χ1v) is 10.6. The number of aryl methyl sites for hydroxylation is 1. The van der Waals surface area contributed by atoms with Gasteiger partial charge in [0.25, 0.3) is 17.4 Å². The molecule has 4 rings (SSSR count). The molecule has 0 fully saturated rings. The van der Waals surface area contributed by atoms with Crippen molar-refractivity contribution >= 4 is 28.4 Å². The highest BCUT2D eigenvalue weighted by Crippen LogP contribution is 2.23. The van der Waals surface area contributed by atoms with Crippen LogP contribution in [-0.4, -0.2) is 30.1 Å². The molecular formula is C20H19N5O4S. The van der Waals surface area contributed by atoms with E-state index in [1.165, 1.54) is 0 Å². The summed E-state index contributed by atoms with van der Waals surface area (Å²) in [4.78, 5) is 41.0. The normalized spacial score (nSPS) is 13.9. The number of fused-ring (bicyclic) bond motifs is 1. The van der Waals surface area contributed by atoms with Gasteiger partial charge in [-0.15, -0.1) is 0 Å². The summed E-state index contributed by atoms with van der Waals surface area (Å²) in [7, 11) is -1.30. The Morgan fingerprint density at radius 1 is 1.13 bits per heavy atom. The summed E-state index contributed by atoms with van der Waals surface area (Å²) in [6, 6.07) is 7.60. The van der Waals surface area contributed by atoms with E-state index in [-0.39, 0.29) is 16.9 Å². The second-order valence-electron chi connectivity index (χ2n) is 6.84. The molecule has 2 aromatic heterocycles. The maximum Gasteiger partial charge on any atom is 0.262 e. The SMILES string of the molecule is CCCn1cncc1CS(=O)c1ccc(-n2c(N)c3c(cc2=O)C(=O)NC3=O)cc1. The monoisotopic (exact) mass is 425 g/mol. The molecule has 0 saturated heterocycles. The number of imidazole rings is 1. The molecule has 2 amide bonds. The Balaban J connectivity index is 1.63. The minimum atomic E-state index is -1.30. The predicted octanol–water partition coefficient (Wildman–Crippen LogP) is 1.22. The minimum absolute atomic E-state index is 0.0172. The third-order valence-electron chi connectivity index (χ3n) is 4.85. The van der Waals surface area contributed by atoms with Crippen molar-refractivity contribution < 1.29 is 13.8 Å². The number of imide groups is 1. The molecule has 30 heavy (non-hydrogen) atoms. The van der Waals surface area contributed by atoms with E-state index in [4.69, 9.17) is 5.73 Å². The summed E-state index contributed by atoms with van der Waals surface area (Å²) in [5.74, 6) is -1.07. The summed E-state index contributed by atoms with van der Waals surface area (Å²) >= 11 is 0. The number of aromatic nitrogens is 3. The molecule has 1 unspecified atom stereocenters. The number of nitrogen functional groups attached to an aromatic ring is 1. The zero-order valence-electron chi connectivity index (χ0n) is 16.1. The number of carbonyl (C=O) groups excluding carboxylic acids is 2. The van der Waals surface area contributed by atoms with Gasteiger partial charge in [0.2, 0.25) is 0 Å². The van der Waals surface area contributed by atoms with Crippen LogP contribution in [-0.2, 0) is 23.1 Å². The van der Waals surface area contributed by atoms with Crippen LogP contribution in [0, 0.1) is 0 Å². The number of hydrogen-bond acceptors (Lipinski definition) is 6. The number of carbonyl (C=O) groups is 2. The van der Waals surface area contributed by atoms with Crippen molar-refractivity contribution in [3.63, 3.8) is 0 Å². The number of benzene rings is 1. The number of nitrogens with zero attached hydrogens (tertiary/aromatic N) is 3. The van der Waals surface area contributed by atoms with Crippen molar-refractivity contribution in [1.82, 2.24) is 19.4 Å². The van der Waals surface area contributed by atoms with Crippen LogP contribution in [0.5, 0.6) is 0 Å². The van der Waals surface area contributed by atoms with E-state index in [1.54, 1.807) is 36.8 Å². The van der Waals surface area contributed by atoms with Gasteiger partial charge in [-0.05, 0) is 30.7 Å². The van der Waals surface area contributed by atoms with Gasteiger partial charge in [0, 0.05) is 23.7 Å². The summed E-state index contributed by atoms with van der Waals surface area (Å²) in [5, 5.41) is 2.13. The molecule has 1 aliphatic rings. The molecular weight excluding hydrogens is 406 g/mol. The van der Waals surface area contributed by atoms with Gasteiger partial charge in [-0.25, -0.2) is 4.98 Å². The van der Waals surface area contributed by atoms with Crippen LogP contribution in [0.15, 0.2) is 52.5 Å². The number of pyridine rings is 1. The zero-order valence-corrected chi connectivity index (χ0v) is 16.9. The van der Waals surface area contributed by atoms with Gasteiger partial charge in [-0.2, -0.15) is 0 Å². The van der Waals surface area contributed by atoms with Crippen LogP contribution in [0.25, 0.3) is 5.69 Å². The lowest BCUT2D eigenvalue weighted by Crippen LogP contribution is -2.24. The molecule has 0 aliphatic carbocycles. The Morgan fingerprint density at radius 2 is 1.87 bits per heavy atom. The van der Waals surface area contributed by atoms with Gasteiger partial charge in [0.15, 0.2) is 0 Å². The second-order valence-corrected chi connectivity index (χ2v) is 8.29. The highest BCUT2D eigenvalue weighted by atomic mass is 32.2. The first-order chi connectivity index (χ1) is 14.4. The molecule has 1 atom stereocenters. The lowest BCUT2D eigenvalue weighted by atomic mass is 10.1. The Kier molecular flexibility index (Phi) is 5.08. The fourth-order valence-electron chi connectivity index (χ4n) is 3.42. The zero-order chi connectivity index (χ0) is 21.4. The maximum absolute atomic E-state index is 12.8. The largest absolute Gasteiger partial charge is 0.384 e. The quantitative estimate of drug-likeness (QED) is 0.571. The van der Waals surface area contributed by atoms with Crippen molar-refractivity contribution in [2.24, 2.45) is 0 Å². The minimum Gasteiger partial charge on any atom is -0.384 e. The topological polar surface area (TPSA) is 129 Å². The van der Waals surface area contributed by atoms with Gasteiger partial charge in [0.1, 0.15) is 5.82 Å². The van der Waals surface area contributed by atoms with Crippen molar-refractivity contribution in [1.29, 1.82) is 0 Å². The summed E-state index contributed by atoms with van der Waals surface area (Å²) in [6.07, 6.45) is 4.38. The van der Waals surface area contributed by atoms with E-state index in [1.807, 2.05) is 4.57 Å². The molecule has 0 bridgehead atoms. The number of amides is 2. The highest BCUT2D eigenvalue weighted by molar-refractivity contribution is 7.84. The Bertz CT molecular complexity index is 1240. The summed E-state index contributed by atoms with van der Waals surface area (Å²) in [6.45, 7) is 2.87. The van der Waals surface area contributed by atoms with E-state index in [0.29, 0.717) is 16.3 Å². The molecule has 0 spiro atoms. The molecule has 1 aromatic carbocycles. The Hall–Kier alpha value is -3.53. The third-order valence-corrected chi connectivity index (χ3v) is 6.21. The van der Waals surface area contributed by atoms with Crippen molar-refractivity contribution in [2.75, 3.05) is 5.73 Å². The van der Waals surface area contributed by atoms with Crippen LogP contribution in [0.3, 0.4) is 0 Å². The molecule has 9 nitrogen and oxygen atoms in total. The standard InChI is InChI=1S/C20H19N5O4S/c1-2-7-24-11-22-9-13(24)10-30(29)14-5-3-12(4-6-14)25-16(26)8-15-17(18(25)21)20(28)23-19(15)27/h3-6,8-9,11H,2,7,10,21H2,1H3,(H,23,27,28). The molecule has 3 aromatic rings. The van der Waals surface area contributed by atoms with Gasteiger partial charge >= 0.3 is 0 Å². The van der Waals surface area contributed by atoms with Crippen molar-refractivity contribution in [3.8, 4) is 5.69 Å². The van der Waals surface area contributed by atoms with Crippen LogP contribution < -0.4 is 16.6 Å². The number of nitrogens with two attached hydrogens (primary N) is 1. The first-order valence-electron chi connectivity index (χ1n) is 9.29. The molecule has 0 saturated carbocycles. The van der Waals surface area contributed by atoms with E-state index >= 15 is 0 Å². The maximum atomic E-state index is 12.8. The number of anilines is 1. The molecule has 1 aliphatic heterocycles. The molecule has 3 N–H and O–H groups in total. The second kappa shape index (κ2) is 7.71. The molecule has 0 radical (unpaired) electrons. The van der Waals surface area contributed by atoms with Crippen LogP contribution in [0.4, 0.5) is 5.82 Å². The third kappa shape index (κ3) is 3.35. The average molecular weight is 425 g/mol. The molecule has 3 heterocycles. The van der Waals surface area contributed by atoms with Crippen molar-refractivity contribution in [3.05, 3.63) is 70.0 Å². The number of hydrogen-bond donors (Lipinski definition) is 2. The smallest absolute Gasteiger partial charge is 0.262 e. The van der Waals surface area contributed by atoms with Gasteiger partial charge in [0.05, 0.1) is 45.4 Å². The molecule has 154 valence electrons. The fraction of sp³-hybridized carbons (Fsp3) is 0.200. The van der Waals surface area contributed by atoms with E-state index < -0.39 is 28.2 Å². The van der Waals surface area contributed by atoms with E-state index in [9.17, 15) is 18.6 Å². The van der Waals surface area contributed by atoms with Crippen LogP contribution >= 0.6 is 0 Å². The highest BCUT2D eigenvalue weighted by Gasteiger charge is 2.31. The summed E-state index contributed by atoms with van der Waals surface area (Å²) in [5.41, 5.74) is 6.75. The van der Waals surface area contributed by atoms with Gasteiger partial charge < -0.3 is 10.3 Å². The summed E-state index contributed by atoms with van der Waals surface area (Å²) < 4.78 is 15.9. The Morgan fingerprint density at radius 3 is 2.57 bits per heavy atom.